The lowest BCUT2D eigenvalue weighted by Crippen LogP contribution is -2.51. The van der Waals surface area contributed by atoms with Crippen LogP contribution < -0.4 is 10.2 Å². The molecule has 1 N–H and O–H groups in total. The summed E-state index contributed by atoms with van der Waals surface area (Å²) in [5.74, 6) is 0.513. The molecule has 1 unspecified atom stereocenters. The lowest BCUT2D eigenvalue weighted by Gasteiger charge is -2.38. The van der Waals surface area contributed by atoms with E-state index in [0.29, 0.717) is 18.4 Å². The first-order chi connectivity index (χ1) is 8.74. The Balaban J connectivity index is 2.31. The second kappa shape index (κ2) is 5.88. The number of para-hydroxylation sites is 1. The Labute approximate surface area is 109 Å². The number of piperazine rings is 1. The molecule has 0 amide bonds. The average molecular weight is 243 g/mol. The van der Waals surface area contributed by atoms with Crippen LogP contribution in [0.15, 0.2) is 24.3 Å². The third kappa shape index (κ3) is 2.65. The van der Waals surface area contributed by atoms with Gasteiger partial charge in [-0.2, -0.15) is 5.26 Å². The van der Waals surface area contributed by atoms with Crippen LogP contribution in [0.25, 0.3) is 0 Å². The summed E-state index contributed by atoms with van der Waals surface area (Å²) in [6, 6.07) is 11.2. The zero-order valence-corrected chi connectivity index (χ0v) is 11.2. The van der Waals surface area contributed by atoms with Gasteiger partial charge < -0.3 is 10.2 Å². The number of rotatable bonds is 3. The largest absolute Gasteiger partial charge is 0.365 e. The molecule has 0 radical (unpaired) electrons. The smallest absolute Gasteiger partial charge is 0.0643 e. The number of nitrogens with zero attached hydrogens (tertiary/aromatic N) is 2. The molecular weight excluding hydrogens is 222 g/mol. The zero-order valence-electron chi connectivity index (χ0n) is 11.2. The van der Waals surface area contributed by atoms with Gasteiger partial charge in [-0.25, -0.2) is 0 Å². The highest BCUT2D eigenvalue weighted by Crippen LogP contribution is 2.29. The van der Waals surface area contributed by atoms with Crippen molar-refractivity contribution in [2.45, 2.75) is 32.2 Å². The predicted octanol–water partition coefficient (Wildman–Crippen LogP) is 2.50. The van der Waals surface area contributed by atoms with Crippen LogP contribution in [0, 0.1) is 11.3 Å². The molecule has 1 heterocycles. The van der Waals surface area contributed by atoms with Crippen molar-refractivity contribution in [1.29, 1.82) is 5.26 Å². The molecule has 1 aromatic carbocycles. The summed E-state index contributed by atoms with van der Waals surface area (Å²) in [7, 11) is 0. The van der Waals surface area contributed by atoms with Crippen molar-refractivity contribution in [3.05, 3.63) is 29.8 Å². The monoisotopic (exact) mass is 243 g/mol. The molecule has 2 rings (SSSR count). The van der Waals surface area contributed by atoms with Crippen molar-refractivity contribution in [2.24, 2.45) is 0 Å². The molecule has 3 nitrogen and oxygen atoms in total. The lowest BCUT2D eigenvalue weighted by molar-refractivity contribution is 0.479. The molecule has 0 bridgehead atoms. The first kappa shape index (κ1) is 12.9. The van der Waals surface area contributed by atoms with Gasteiger partial charge in [0.05, 0.1) is 18.5 Å². The summed E-state index contributed by atoms with van der Waals surface area (Å²) in [5.41, 5.74) is 2.68. The average Bonchev–Trinajstić information content (AvgIpc) is 2.40. The molecule has 1 fully saturated rings. The Morgan fingerprint density at radius 2 is 2.22 bits per heavy atom. The second-order valence-corrected chi connectivity index (χ2v) is 5.13. The summed E-state index contributed by atoms with van der Waals surface area (Å²) in [5, 5.41) is 12.3. The number of anilines is 1. The Bertz CT molecular complexity index is 434. The predicted molar refractivity (Wildman–Crippen MR) is 74.8 cm³/mol. The molecule has 1 atom stereocenters. The number of hydrogen-bond donors (Lipinski definition) is 1. The molecule has 0 aromatic heterocycles. The Hall–Kier alpha value is -1.53. The van der Waals surface area contributed by atoms with Gasteiger partial charge in [-0.1, -0.05) is 32.0 Å². The maximum Gasteiger partial charge on any atom is 0.0643 e. The molecule has 1 saturated heterocycles. The normalized spacial score (nSPS) is 19.9. The van der Waals surface area contributed by atoms with E-state index in [0.717, 1.165) is 19.6 Å². The van der Waals surface area contributed by atoms with Crippen LogP contribution in [-0.4, -0.2) is 25.7 Å². The van der Waals surface area contributed by atoms with E-state index in [1.807, 2.05) is 0 Å². The summed E-state index contributed by atoms with van der Waals surface area (Å²) in [4.78, 5) is 2.40. The van der Waals surface area contributed by atoms with Gasteiger partial charge in [0, 0.05) is 25.3 Å². The fourth-order valence-corrected chi connectivity index (χ4v) is 2.60. The van der Waals surface area contributed by atoms with Gasteiger partial charge in [0.15, 0.2) is 0 Å². The Morgan fingerprint density at radius 3 is 2.94 bits per heavy atom. The van der Waals surface area contributed by atoms with Crippen LogP contribution in [-0.2, 0) is 0 Å². The Kier molecular flexibility index (Phi) is 4.22. The Morgan fingerprint density at radius 1 is 1.44 bits per heavy atom. The van der Waals surface area contributed by atoms with E-state index in [1.54, 1.807) is 0 Å². The molecule has 1 aromatic rings. The third-order valence-electron chi connectivity index (χ3n) is 3.55. The van der Waals surface area contributed by atoms with E-state index in [4.69, 9.17) is 5.26 Å². The number of nitriles is 1. The topological polar surface area (TPSA) is 39.1 Å². The molecule has 0 saturated carbocycles. The van der Waals surface area contributed by atoms with Crippen LogP contribution >= 0.6 is 0 Å². The van der Waals surface area contributed by atoms with Crippen LogP contribution in [0.3, 0.4) is 0 Å². The van der Waals surface area contributed by atoms with E-state index in [-0.39, 0.29) is 0 Å². The molecule has 0 aliphatic carbocycles. The minimum absolute atomic E-state index is 0.295. The van der Waals surface area contributed by atoms with E-state index in [1.165, 1.54) is 11.3 Å². The highest BCUT2D eigenvalue weighted by molar-refractivity contribution is 5.56. The van der Waals surface area contributed by atoms with Gasteiger partial charge in [-0.05, 0) is 17.5 Å². The molecule has 0 spiro atoms. The van der Waals surface area contributed by atoms with Crippen LogP contribution in [0.1, 0.15) is 31.7 Å². The van der Waals surface area contributed by atoms with Crippen molar-refractivity contribution in [3.8, 4) is 6.07 Å². The molecule has 3 heteroatoms. The van der Waals surface area contributed by atoms with Crippen molar-refractivity contribution in [3.63, 3.8) is 0 Å². The van der Waals surface area contributed by atoms with Crippen molar-refractivity contribution in [1.82, 2.24) is 5.32 Å². The van der Waals surface area contributed by atoms with Crippen molar-refractivity contribution >= 4 is 5.69 Å². The third-order valence-corrected chi connectivity index (χ3v) is 3.55. The number of benzene rings is 1. The van der Waals surface area contributed by atoms with Crippen molar-refractivity contribution < 1.29 is 0 Å². The summed E-state index contributed by atoms with van der Waals surface area (Å²) in [6.07, 6.45) is 0.583. The highest BCUT2D eigenvalue weighted by Gasteiger charge is 2.24. The van der Waals surface area contributed by atoms with Crippen LogP contribution in [0.4, 0.5) is 5.69 Å². The minimum Gasteiger partial charge on any atom is -0.365 e. The highest BCUT2D eigenvalue weighted by atomic mass is 15.2. The first-order valence-electron chi connectivity index (χ1n) is 6.67. The van der Waals surface area contributed by atoms with E-state index in [2.05, 4.69) is 54.4 Å². The summed E-state index contributed by atoms with van der Waals surface area (Å²) in [6.45, 7) is 7.32. The fourth-order valence-electron chi connectivity index (χ4n) is 2.60. The van der Waals surface area contributed by atoms with E-state index in [9.17, 15) is 0 Å². The van der Waals surface area contributed by atoms with Gasteiger partial charge >= 0.3 is 0 Å². The van der Waals surface area contributed by atoms with Gasteiger partial charge in [0.1, 0.15) is 0 Å². The summed E-state index contributed by atoms with van der Waals surface area (Å²) >= 11 is 0. The maximum absolute atomic E-state index is 8.96. The minimum atomic E-state index is 0.295. The van der Waals surface area contributed by atoms with Gasteiger partial charge in [-0.15, -0.1) is 0 Å². The number of nitrogens with one attached hydrogen (secondary N) is 1. The standard InChI is InChI=1S/C15H21N3/c1-12(2)14-5-3-4-6-15(14)18-10-9-17-11-13(18)7-8-16/h3-6,12-13,17H,7,9-11H2,1-2H3. The van der Waals surface area contributed by atoms with Gasteiger partial charge in [-0.3, -0.25) is 0 Å². The van der Waals surface area contributed by atoms with Gasteiger partial charge in [0.25, 0.3) is 0 Å². The summed E-state index contributed by atoms with van der Waals surface area (Å²) < 4.78 is 0. The zero-order chi connectivity index (χ0) is 13.0. The van der Waals surface area contributed by atoms with E-state index < -0.39 is 0 Å². The SMILES string of the molecule is CC(C)c1ccccc1N1CCNCC1CC#N. The molecule has 1 aliphatic heterocycles. The van der Waals surface area contributed by atoms with Crippen LogP contribution in [0.2, 0.25) is 0 Å². The molecular formula is C15H21N3. The maximum atomic E-state index is 8.96. The lowest BCUT2D eigenvalue weighted by atomic mass is 9.98. The first-order valence-corrected chi connectivity index (χ1v) is 6.67. The quantitative estimate of drug-likeness (QED) is 0.886. The van der Waals surface area contributed by atoms with Gasteiger partial charge in [0.2, 0.25) is 0 Å². The molecule has 1 aliphatic rings. The molecule has 18 heavy (non-hydrogen) atoms. The second-order valence-electron chi connectivity index (χ2n) is 5.13. The van der Waals surface area contributed by atoms with Crippen LogP contribution in [0.5, 0.6) is 0 Å². The molecule has 96 valence electrons. The van der Waals surface area contributed by atoms with E-state index >= 15 is 0 Å². The van der Waals surface area contributed by atoms with Crippen molar-refractivity contribution in [2.75, 3.05) is 24.5 Å². The fraction of sp³-hybridized carbons (Fsp3) is 0.533. The number of hydrogen-bond acceptors (Lipinski definition) is 3.